The molecule has 0 fully saturated rings. The number of non-ortho nitro benzene ring substituents is 1. The first-order chi connectivity index (χ1) is 14.0. The van der Waals surface area contributed by atoms with E-state index < -0.39 is 4.92 Å². The van der Waals surface area contributed by atoms with Gasteiger partial charge in [0.15, 0.2) is 5.16 Å². The van der Waals surface area contributed by atoms with Crippen molar-refractivity contribution in [3.8, 4) is 17.1 Å². The summed E-state index contributed by atoms with van der Waals surface area (Å²) in [5, 5.41) is 19.7. The lowest BCUT2D eigenvalue weighted by Crippen LogP contribution is -1.98. The zero-order valence-corrected chi connectivity index (χ0v) is 16.6. The smallest absolute Gasteiger partial charge is 0.269 e. The zero-order valence-electron chi connectivity index (χ0n) is 15.8. The third-order valence-corrected chi connectivity index (χ3v) is 5.29. The van der Waals surface area contributed by atoms with Crippen molar-refractivity contribution in [1.29, 1.82) is 0 Å². The van der Waals surface area contributed by atoms with E-state index >= 15 is 0 Å². The van der Waals surface area contributed by atoms with Crippen molar-refractivity contribution in [2.24, 2.45) is 0 Å². The van der Waals surface area contributed by atoms with Crippen molar-refractivity contribution >= 4 is 17.4 Å². The van der Waals surface area contributed by atoms with Gasteiger partial charge in [-0.1, -0.05) is 29.5 Å². The van der Waals surface area contributed by atoms with E-state index in [0.29, 0.717) is 23.1 Å². The van der Waals surface area contributed by atoms with Crippen LogP contribution in [0.2, 0.25) is 0 Å². The highest BCUT2D eigenvalue weighted by molar-refractivity contribution is 7.98. The number of hydrogen-bond acceptors (Lipinski definition) is 7. The average Bonchev–Trinajstić information content (AvgIpc) is 3.36. The molecule has 0 spiro atoms. The van der Waals surface area contributed by atoms with Crippen LogP contribution >= 0.6 is 11.8 Å². The molecule has 29 heavy (non-hydrogen) atoms. The molecule has 0 amide bonds. The van der Waals surface area contributed by atoms with Gasteiger partial charge in [-0.3, -0.25) is 14.7 Å². The Kier molecular flexibility index (Phi) is 5.13. The van der Waals surface area contributed by atoms with Crippen LogP contribution in [-0.4, -0.2) is 24.7 Å². The van der Waals surface area contributed by atoms with Crippen LogP contribution in [0.1, 0.15) is 17.0 Å². The summed E-state index contributed by atoms with van der Waals surface area (Å²) in [4.78, 5) is 14.7. The molecule has 2 heterocycles. The molecule has 0 aliphatic carbocycles. The highest BCUT2D eigenvalue weighted by atomic mass is 32.2. The summed E-state index contributed by atoms with van der Waals surface area (Å²) >= 11 is 1.50. The van der Waals surface area contributed by atoms with Gasteiger partial charge >= 0.3 is 0 Å². The Balaban J connectivity index is 1.48. The third kappa shape index (κ3) is 4.04. The molecule has 2 aromatic carbocycles. The van der Waals surface area contributed by atoms with E-state index in [1.807, 2.05) is 10.8 Å². The lowest BCUT2D eigenvalue weighted by molar-refractivity contribution is -0.384. The molecule has 146 valence electrons. The van der Waals surface area contributed by atoms with Gasteiger partial charge in [0.1, 0.15) is 0 Å². The second-order valence-corrected chi connectivity index (χ2v) is 7.41. The van der Waals surface area contributed by atoms with Gasteiger partial charge in [-0.15, -0.1) is 10.2 Å². The minimum Gasteiger partial charge on any atom is -0.420 e. The summed E-state index contributed by atoms with van der Waals surface area (Å²) in [5.74, 6) is 1.24. The van der Waals surface area contributed by atoms with Crippen LogP contribution in [0.25, 0.3) is 17.1 Å². The maximum atomic E-state index is 10.8. The highest BCUT2D eigenvalue weighted by Gasteiger charge is 2.13. The number of aryl methyl sites for hydroxylation is 2. The Hall–Kier alpha value is -3.46. The molecule has 8 nitrogen and oxygen atoms in total. The number of imidazole rings is 1. The highest BCUT2D eigenvalue weighted by Crippen LogP contribution is 2.27. The SMILES string of the molecule is Cc1ccc(-n2ccnc2SCc2nnc(-c3ccc([N+](=O)[O-])cc3)o2)c(C)c1. The Morgan fingerprint density at radius 3 is 2.66 bits per heavy atom. The summed E-state index contributed by atoms with van der Waals surface area (Å²) < 4.78 is 7.74. The Morgan fingerprint density at radius 2 is 1.93 bits per heavy atom. The fourth-order valence-corrected chi connectivity index (χ4v) is 3.74. The van der Waals surface area contributed by atoms with Gasteiger partial charge in [-0.2, -0.15) is 0 Å². The fraction of sp³-hybridized carbons (Fsp3) is 0.150. The number of benzene rings is 2. The zero-order chi connectivity index (χ0) is 20.4. The van der Waals surface area contributed by atoms with Gasteiger partial charge < -0.3 is 4.42 Å². The largest absolute Gasteiger partial charge is 0.420 e. The maximum absolute atomic E-state index is 10.8. The molecular formula is C20H17N5O3S. The molecule has 0 aliphatic rings. The second kappa shape index (κ2) is 7.88. The Bertz CT molecular complexity index is 1170. The molecule has 4 aromatic rings. The van der Waals surface area contributed by atoms with Gasteiger partial charge in [0.2, 0.25) is 11.8 Å². The Labute approximate surface area is 170 Å². The molecular weight excluding hydrogens is 390 g/mol. The van der Waals surface area contributed by atoms with Gasteiger partial charge in [0.25, 0.3) is 5.69 Å². The van der Waals surface area contributed by atoms with E-state index in [1.165, 1.54) is 35.0 Å². The van der Waals surface area contributed by atoms with Gasteiger partial charge in [0.05, 0.1) is 16.4 Å². The number of aromatic nitrogens is 4. The summed E-state index contributed by atoms with van der Waals surface area (Å²) in [5.41, 5.74) is 4.11. The molecule has 0 saturated heterocycles. The van der Waals surface area contributed by atoms with Gasteiger partial charge in [-0.25, -0.2) is 4.98 Å². The summed E-state index contributed by atoms with van der Waals surface area (Å²) in [6.45, 7) is 4.14. The van der Waals surface area contributed by atoms with E-state index in [2.05, 4.69) is 47.2 Å². The lowest BCUT2D eigenvalue weighted by Gasteiger charge is -2.10. The van der Waals surface area contributed by atoms with Crippen LogP contribution in [0.4, 0.5) is 5.69 Å². The topological polar surface area (TPSA) is 99.9 Å². The molecule has 0 radical (unpaired) electrons. The van der Waals surface area contributed by atoms with Crippen LogP contribution in [-0.2, 0) is 5.75 Å². The van der Waals surface area contributed by atoms with Crippen molar-refractivity contribution < 1.29 is 9.34 Å². The molecule has 0 unspecified atom stereocenters. The number of nitro groups is 1. The monoisotopic (exact) mass is 407 g/mol. The lowest BCUT2D eigenvalue weighted by atomic mass is 10.1. The number of hydrogen-bond donors (Lipinski definition) is 0. The van der Waals surface area contributed by atoms with Crippen LogP contribution in [0.5, 0.6) is 0 Å². The van der Waals surface area contributed by atoms with Crippen LogP contribution in [0, 0.1) is 24.0 Å². The predicted molar refractivity (Wildman–Crippen MR) is 109 cm³/mol. The van der Waals surface area contributed by atoms with Crippen LogP contribution in [0.3, 0.4) is 0 Å². The molecule has 0 atom stereocenters. The van der Waals surface area contributed by atoms with E-state index in [9.17, 15) is 10.1 Å². The summed E-state index contributed by atoms with van der Waals surface area (Å²) in [6, 6.07) is 12.3. The minimum atomic E-state index is -0.447. The normalized spacial score (nSPS) is 11.0. The molecule has 0 saturated carbocycles. The van der Waals surface area contributed by atoms with E-state index in [0.717, 1.165) is 10.8 Å². The quantitative estimate of drug-likeness (QED) is 0.258. The predicted octanol–water partition coefficient (Wildman–Crippen LogP) is 4.74. The molecule has 0 aliphatic heterocycles. The number of rotatable bonds is 6. The summed E-state index contributed by atoms with van der Waals surface area (Å²) in [7, 11) is 0. The van der Waals surface area contributed by atoms with Gasteiger partial charge in [0, 0.05) is 30.1 Å². The number of nitro benzene ring substituents is 1. The number of nitrogens with zero attached hydrogens (tertiary/aromatic N) is 5. The van der Waals surface area contributed by atoms with E-state index in [1.54, 1.807) is 18.3 Å². The third-order valence-electron chi connectivity index (χ3n) is 4.34. The van der Waals surface area contributed by atoms with Gasteiger partial charge in [-0.05, 0) is 37.6 Å². The first kappa shape index (κ1) is 18.9. The molecule has 0 N–H and O–H groups in total. The van der Waals surface area contributed by atoms with Crippen LogP contribution < -0.4 is 0 Å². The van der Waals surface area contributed by atoms with E-state index in [4.69, 9.17) is 4.42 Å². The molecule has 2 aromatic heterocycles. The van der Waals surface area contributed by atoms with Crippen molar-refractivity contribution in [2.75, 3.05) is 0 Å². The first-order valence-corrected chi connectivity index (χ1v) is 9.81. The number of thioether (sulfide) groups is 1. The van der Waals surface area contributed by atoms with Crippen LogP contribution in [0.15, 0.2) is 64.4 Å². The molecule has 9 heteroatoms. The Morgan fingerprint density at radius 1 is 1.14 bits per heavy atom. The molecule has 4 rings (SSSR count). The van der Waals surface area contributed by atoms with Crippen molar-refractivity contribution in [2.45, 2.75) is 24.8 Å². The first-order valence-electron chi connectivity index (χ1n) is 8.82. The van der Waals surface area contributed by atoms with E-state index in [-0.39, 0.29) is 5.69 Å². The van der Waals surface area contributed by atoms with Crippen molar-refractivity contribution in [1.82, 2.24) is 19.7 Å². The second-order valence-electron chi connectivity index (χ2n) is 6.46. The standard InChI is InChI=1S/C20H17N5O3S/c1-13-3-8-17(14(2)11-13)24-10-9-21-20(24)29-12-18-22-23-19(28-18)15-4-6-16(7-5-15)25(26)27/h3-11H,12H2,1-2H3. The fourth-order valence-electron chi connectivity index (χ4n) is 2.94. The average molecular weight is 407 g/mol. The minimum absolute atomic E-state index is 0.0160. The summed E-state index contributed by atoms with van der Waals surface area (Å²) in [6.07, 6.45) is 3.69. The van der Waals surface area contributed by atoms with Crippen molar-refractivity contribution in [3.63, 3.8) is 0 Å². The maximum Gasteiger partial charge on any atom is 0.269 e. The van der Waals surface area contributed by atoms with Crippen molar-refractivity contribution in [3.05, 3.63) is 82.0 Å². The molecule has 0 bridgehead atoms.